The molecule has 3 aliphatic rings. The Morgan fingerprint density at radius 3 is 2.47 bits per heavy atom. The zero-order valence-corrected chi connectivity index (χ0v) is 28.1. The van der Waals surface area contributed by atoms with Crippen LogP contribution in [-0.4, -0.2) is 111 Å². The van der Waals surface area contributed by atoms with Gasteiger partial charge < -0.3 is 29.1 Å². The monoisotopic (exact) mass is 701 g/mol. The van der Waals surface area contributed by atoms with Crippen molar-refractivity contribution in [1.82, 2.24) is 14.7 Å². The van der Waals surface area contributed by atoms with Crippen molar-refractivity contribution in [2.45, 2.75) is 43.1 Å². The molecule has 1 saturated heterocycles. The van der Waals surface area contributed by atoms with Gasteiger partial charge in [-0.1, -0.05) is 18.2 Å². The van der Waals surface area contributed by atoms with E-state index in [4.69, 9.17) is 21.1 Å². The maximum absolute atomic E-state index is 15.5. The molecule has 2 aromatic rings. The topological polar surface area (TPSA) is 60.9 Å². The summed E-state index contributed by atoms with van der Waals surface area (Å²) in [6.07, 6.45) is -4.11. The summed E-state index contributed by atoms with van der Waals surface area (Å²) >= 11 is 7.13. The first kappa shape index (κ1) is 35.4. The van der Waals surface area contributed by atoms with Crippen LogP contribution in [0.5, 0.6) is 0 Å². The third-order valence-corrected chi connectivity index (χ3v) is 9.84. The number of anilines is 1. The molecule has 1 unspecified atom stereocenters. The molecule has 256 valence electrons. The van der Waals surface area contributed by atoms with Gasteiger partial charge in [0.15, 0.2) is 0 Å². The molecule has 0 radical (unpaired) electrons. The highest BCUT2D eigenvalue weighted by molar-refractivity contribution is 7.99. The molecular weight excluding hydrogens is 665 g/mol. The Labute approximate surface area is 280 Å². The number of ether oxygens (including phenoxy) is 2. The summed E-state index contributed by atoms with van der Waals surface area (Å²) < 4.78 is 87.2. The molecule has 1 fully saturated rings. The lowest BCUT2D eigenvalue weighted by atomic mass is 9.93. The van der Waals surface area contributed by atoms with Crippen molar-refractivity contribution < 1.29 is 36.2 Å². The number of carbonyl (C=O) groups is 1. The molecule has 0 N–H and O–H groups in total. The molecule has 0 aliphatic carbocycles. The van der Waals surface area contributed by atoms with Crippen LogP contribution in [-0.2, 0) is 20.4 Å². The highest BCUT2D eigenvalue weighted by Gasteiger charge is 2.42. The fourth-order valence-electron chi connectivity index (χ4n) is 6.31. The number of amidine groups is 1. The molecule has 5 rings (SSSR count). The summed E-state index contributed by atoms with van der Waals surface area (Å²) in [4.78, 5) is 24.7. The van der Waals surface area contributed by atoms with Gasteiger partial charge in [0.1, 0.15) is 30.9 Å². The van der Waals surface area contributed by atoms with Gasteiger partial charge in [0.05, 0.1) is 29.0 Å². The number of carbonyl (C=O) groups excluding carboxylic acids is 1. The third kappa shape index (κ3) is 7.41. The lowest BCUT2D eigenvalue weighted by Gasteiger charge is -2.46. The van der Waals surface area contributed by atoms with Crippen LogP contribution < -0.4 is 4.90 Å². The summed E-state index contributed by atoms with van der Waals surface area (Å²) in [5.74, 6) is -1.98. The number of piperazine rings is 1. The normalized spacial score (nSPS) is 22.0. The van der Waals surface area contributed by atoms with Crippen LogP contribution in [0.25, 0.3) is 11.1 Å². The molecule has 3 heterocycles. The first-order valence-corrected chi connectivity index (χ1v) is 16.5. The Balaban J connectivity index is 1.73. The molecule has 0 aromatic heterocycles. The van der Waals surface area contributed by atoms with Crippen molar-refractivity contribution >= 4 is 40.8 Å². The molecule has 1 amide bonds. The third-order valence-electron chi connectivity index (χ3n) is 8.33. The van der Waals surface area contributed by atoms with Gasteiger partial charge in [0.2, 0.25) is 5.91 Å². The minimum atomic E-state index is -4.94. The minimum absolute atomic E-state index is 0.0171. The molecule has 0 bridgehead atoms. The van der Waals surface area contributed by atoms with Gasteiger partial charge in [-0.05, 0) is 46.2 Å². The number of amides is 1. The number of halogens is 6. The highest BCUT2D eigenvalue weighted by atomic mass is 35.5. The van der Waals surface area contributed by atoms with Crippen molar-refractivity contribution in [2.75, 3.05) is 71.0 Å². The lowest BCUT2D eigenvalue weighted by molar-refractivity contribution is -0.137. The molecule has 8 nitrogen and oxygen atoms in total. The quantitative estimate of drug-likeness (QED) is 0.209. The second-order valence-electron chi connectivity index (χ2n) is 12.1. The standard InChI is InChI=1S/C32H37ClF5N5O3S/c1-6-27(44)43-18(2)12-41(13-19(43)3)31-22-9-23(32(36,37)38)28(21-10-24(33)26(35)11-25(21)34)30-29(22)42(17-45-16-39-31)14-20(15-47-30)46-8-7-40(4)5/h6,9-11,18-20H,1,7-8,12-17H2,2-5H3/t18-,19+,20?. The smallest absolute Gasteiger partial charge is 0.374 e. The number of alkyl halides is 3. The van der Waals surface area contributed by atoms with Crippen LogP contribution in [0.1, 0.15) is 25.0 Å². The summed E-state index contributed by atoms with van der Waals surface area (Å²) in [5.41, 5.74) is -1.45. The van der Waals surface area contributed by atoms with Gasteiger partial charge in [-0.2, -0.15) is 13.2 Å². The fraction of sp³-hybridized carbons (Fsp3) is 0.500. The fourth-order valence-corrected chi connectivity index (χ4v) is 7.77. The number of benzene rings is 2. The molecule has 2 aromatic carbocycles. The number of nitrogens with zero attached hydrogens (tertiary/aromatic N) is 5. The Hall–Kier alpha value is -2.91. The van der Waals surface area contributed by atoms with Crippen LogP contribution in [0.2, 0.25) is 5.02 Å². The number of rotatable bonds is 6. The van der Waals surface area contributed by atoms with Gasteiger partial charge in [-0.15, -0.1) is 11.8 Å². The van der Waals surface area contributed by atoms with Gasteiger partial charge in [-0.25, -0.2) is 13.8 Å². The van der Waals surface area contributed by atoms with E-state index < -0.39 is 45.6 Å². The molecule has 0 spiro atoms. The predicted molar refractivity (Wildman–Crippen MR) is 173 cm³/mol. The number of hydrogen-bond acceptors (Lipinski definition) is 8. The van der Waals surface area contributed by atoms with Crippen molar-refractivity contribution in [1.29, 1.82) is 0 Å². The number of thioether (sulfide) groups is 1. The summed E-state index contributed by atoms with van der Waals surface area (Å²) in [7, 11) is 3.81. The van der Waals surface area contributed by atoms with Crippen molar-refractivity contribution in [2.24, 2.45) is 4.99 Å². The van der Waals surface area contributed by atoms with Crippen LogP contribution in [0.15, 0.2) is 40.7 Å². The van der Waals surface area contributed by atoms with Gasteiger partial charge in [-0.3, -0.25) is 4.79 Å². The summed E-state index contributed by atoms with van der Waals surface area (Å²) in [5, 5.41) is -0.505. The molecule has 15 heteroatoms. The maximum atomic E-state index is 15.5. The predicted octanol–water partition coefficient (Wildman–Crippen LogP) is 5.96. The molecule has 3 atom stereocenters. The molecule has 47 heavy (non-hydrogen) atoms. The van der Waals surface area contributed by atoms with Crippen molar-refractivity contribution in [3.05, 3.63) is 58.6 Å². The van der Waals surface area contributed by atoms with E-state index in [9.17, 15) is 9.18 Å². The van der Waals surface area contributed by atoms with E-state index in [2.05, 4.69) is 11.6 Å². The Morgan fingerprint density at radius 1 is 1.13 bits per heavy atom. The second-order valence-corrected chi connectivity index (χ2v) is 13.5. The van der Waals surface area contributed by atoms with E-state index in [0.717, 1.165) is 23.9 Å². The Bertz CT molecular complexity index is 1550. The van der Waals surface area contributed by atoms with Crippen LogP contribution in [0.3, 0.4) is 0 Å². The van der Waals surface area contributed by atoms with Crippen molar-refractivity contribution in [3.63, 3.8) is 0 Å². The van der Waals surface area contributed by atoms with Crippen LogP contribution in [0.4, 0.5) is 27.6 Å². The van der Waals surface area contributed by atoms with E-state index in [1.165, 1.54) is 6.08 Å². The van der Waals surface area contributed by atoms with E-state index in [1.807, 2.05) is 37.7 Å². The van der Waals surface area contributed by atoms with E-state index in [1.54, 1.807) is 9.80 Å². The average Bonchev–Trinajstić information content (AvgIpc) is 3.15. The zero-order valence-electron chi connectivity index (χ0n) is 26.5. The molecular formula is C32H37ClF5N5O3S. The minimum Gasteiger partial charge on any atom is -0.374 e. The van der Waals surface area contributed by atoms with Crippen LogP contribution >= 0.6 is 23.4 Å². The number of aliphatic imine (C=N–C) groups is 1. The molecule has 3 aliphatic heterocycles. The maximum Gasteiger partial charge on any atom is 0.417 e. The zero-order chi connectivity index (χ0) is 34.2. The number of hydrogen-bond donors (Lipinski definition) is 0. The SMILES string of the molecule is C=CC(=O)N1[C@H](C)CN(C2=NCOCN3CC(OCCN(C)C)CSc4c(-c5cc(Cl)c(F)cc5F)c(C(F)(F)F)cc2c43)C[C@@H]1C. The van der Waals surface area contributed by atoms with Gasteiger partial charge in [0.25, 0.3) is 0 Å². The van der Waals surface area contributed by atoms with Gasteiger partial charge >= 0.3 is 6.18 Å². The van der Waals surface area contributed by atoms with Gasteiger partial charge in [0, 0.05) is 71.7 Å². The van der Waals surface area contributed by atoms with Crippen LogP contribution in [0, 0.1) is 11.6 Å². The molecule has 0 saturated carbocycles. The average molecular weight is 702 g/mol. The van der Waals surface area contributed by atoms with E-state index in [-0.39, 0.29) is 73.1 Å². The highest BCUT2D eigenvalue weighted by Crippen LogP contribution is 2.51. The Kier molecular flexibility index (Phi) is 10.8. The second kappa shape index (κ2) is 14.3. The summed E-state index contributed by atoms with van der Waals surface area (Å²) in [6.45, 7) is 9.02. The largest absolute Gasteiger partial charge is 0.417 e. The first-order valence-electron chi connectivity index (χ1n) is 15.1. The van der Waals surface area contributed by atoms with E-state index in [0.29, 0.717) is 24.9 Å². The summed E-state index contributed by atoms with van der Waals surface area (Å²) in [6, 6.07) is 1.76. The van der Waals surface area contributed by atoms with Crippen molar-refractivity contribution in [3.8, 4) is 11.1 Å². The number of likely N-dealkylation sites (N-methyl/N-ethyl adjacent to an activating group) is 1. The Morgan fingerprint density at radius 2 is 1.83 bits per heavy atom. The lowest BCUT2D eigenvalue weighted by Crippen LogP contribution is -2.59. The van der Waals surface area contributed by atoms with E-state index >= 15 is 17.6 Å². The first-order chi connectivity index (χ1) is 22.2.